The summed E-state index contributed by atoms with van der Waals surface area (Å²) in [5, 5.41) is 11.9. The summed E-state index contributed by atoms with van der Waals surface area (Å²) >= 11 is 0. The van der Waals surface area contributed by atoms with E-state index in [4.69, 9.17) is 5.11 Å². The van der Waals surface area contributed by atoms with Gasteiger partial charge in [0.25, 0.3) is 0 Å². The van der Waals surface area contributed by atoms with Gasteiger partial charge in [-0.3, -0.25) is 14.3 Å². The maximum absolute atomic E-state index is 10.1. The van der Waals surface area contributed by atoms with Gasteiger partial charge in [-0.15, -0.1) is 0 Å². The molecule has 58 valence electrons. The number of carboxylic acid groups (broad SMARTS) is 1. The van der Waals surface area contributed by atoms with E-state index in [2.05, 4.69) is 5.10 Å². The van der Waals surface area contributed by atoms with E-state index in [0.29, 0.717) is 11.8 Å². The van der Waals surface area contributed by atoms with Gasteiger partial charge in [-0.05, 0) is 0 Å². The van der Waals surface area contributed by atoms with Crippen molar-refractivity contribution in [2.45, 2.75) is 6.54 Å². The van der Waals surface area contributed by atoms with Crippen LogP contribution in [0.15, 0.2) is 12.4 Å². The van der Waals surface area contributed by atoms with E-state index in [1.165, 1.54) is 17.1 Å². The molecule has 1 N–H and O–H groups in total. The second kappa shape index (κ2) is 2.96. The van der Waals surface area contributed by atoms with Crippen molar-refractivity contribution < 1.29 is 14.7 Å². The lowest BCUT2D eigenvalue weighted by atomic mass is 10.4. The minimum Gasteiger partial charge on any atom is -0.480 e. The molecular weight excluding hydrogens is 148 g/mol. The molecule has 1 aromatic rings. The first-order chi connectivity index (χ1) is 5.22. The summed E-state index contributed by atoms with van der Waals surface area (Å²) in [6.45, 7) is -0.214. The Hall–Kier alpha value is -1.65. The first-order valence-corrected chi connectivity index (χ1v) is 2.92. The molecule has 0 amide bonds. The van der Waals surface area contributed by atoms with Crippen molar-refractivity contribution in [3.63, 3.8) is 0 Å². The largest absolute Gasteiger partial charge is 0.480 e. The van der Waals surface area contributed by atoms with Gasteiger partial charge >= 0.3 is 5.97 Å². The molecule has 0 aliphatic rings. The van der Waals surface area contributed by atoms with Crippen LogP contribution in [0.2, 0.25) is 0 Å². The summed E-state index contributed by atoms with van der Waals surface area (Å²) in [5.74, 6) is -0.981. The van der Waals surface area contributed by atoms with Crippen LogP contribution < -0.4 is 0 Å². The highest BCUT2D eigenvalue weighted by atomic mass is 16.4. The molecule has 0 saturated heterocycles. The topological polar surface area (TPSA) is 72.2 Å². The molecule has 0 atom stereocenters. The van der Waals surface area contributed by atoms with Crippen molar-refractivity contribution in [1.29, 1.82) is 0 Å². The van der Waals surface area contributed by atoms with Gasteiger partial charge in [0.15, 0.2) is 6.29 Å². The van der Waals surface area contributed by atoms with Gasteiger partial charge in [-0.2, -0.15) is 5.10 Å². The second-order valence-corrected chi connectivity index (χ2v) is 1.98. The quantitative estimate of drug-likeness (QED) is 0.611. The smallest absolute Gasteiger partial charge is 0.325 e. The third kappa shape index (κ3) is 1.89. The van der Waals surface area contributed by atoms with Crippen LogP contribution in [0.4, 0.5) is 0 Å². The van der Waals surface area contributed by atoms with Gasteiger partial charge in [-0.1, -0.05) is 0 Å². The van der Waals surface area contributed by atoms with Crippen molar-refractivity contribution in [3.8, 4) is 0 Å². The van der Waals surface area contributed by atoms with Gasteiger partial charge in [-0.25, -0.2) is 0 Å². The highest BCUT2D eigenvalue weighted by Gasteiger charge is 2.00. The van der Waals surface area contributed by atoms with Crippen LogP contribution >= 0.6 is 0 Å². The monoisotopic (exact) mass is 154 g/mol. The Morgan fingerprint density at radius 2 is 2.55 bits per heavy atom. The predicted molar refractivity (Wildman–Crippen MR) is 35.3 cm³/mol. The lowest BCUT2D eigenvalue weighted by Gasteiger charge is -1.91. The van der Waals surface area contributed by atoms with Crippen molar-refractivity contribution in [1.82, 2.24) is 9.78 Å². The van der Waals surface area contributed by atoms with E-state index in [0.717, 1.165) is 0 Å². The normalized spacial score (nSPS) is 9.45. The molecule has 0 radical (unpaired) electrons. The third-order valence-electron chi connectivity index (χ3n) is 1.09. The Bertz CT molecular complexity index is 279. The van der Waals surface area contributed by atoms with Crippen LogP contribution in [0.25, 0.3) is 0 Å². The molecule has 1 heterocycles. The first-order valence-electron chi connectivity index (χ1n) is 2.92. The zero-order chi connectivity index (χ0) is 8.27. The van der Waals surface area contributed by atoms with E-state index in [1.807, 2.05) is 0 Å². The summed E-state index contributed by atoms with van der Waals surface area (Å²) in [7, 11) is 0. The number of aldehydes is 1. The molecule has 11 heavy (non-hydrogen) atoms. The fraction of sp³-hybridized carbons (Fsp3) is 0.167. The summed E-state index contributed by atoms with van der Waals surface area (Å²) in [4.78, 5) is 20.2. The molecule has 0 aliphatic carbocycles. The third-order valence-corrected chi connectivity index (χ3v) is 1.09. The van der Waals surface area contributed by atoms with Crippen LogP contribution in [-0.2, 0) is 11.3 Å². The number of nitrogens with zero attached hydrogens (tertiary/aromatic N) is 2. The van der Waals surface area contributed by atoms with Crippen molar-refractivity contribution in [2.75, 3.05) is 0 Å². The van der Waals surface area contributed by atoms with Crippen molar-refractivity contribution >= 4 is 12.3 Å². The highest BCUT2D eigenvalue weighted by molar-refractivity contribution is 5.73. The lowest BCUT2D eigenvalue weighted by molar-refractivity contribution is -0.137. The van der Waals surface area contributed by atoms with Crippen molar-refractivity contribution in [3.05, 3.63) is 18.0 Å². The summed E-state index contributed by atoms with van der Waals surface area (Å²) in [5.41, 5.74) is 0.381. The van der Waals surface area contributed by atoms with Gasteiger partial charge in [0.05, 0.1) is 11.8 Å². The Morgan fingerprint density at radius 1 is 1.82 bits per heavy atom. The summed E-state index contributed by atoms with van der Waals surface area (Å²) in [6.07, 6.45) is 3.31. The van der Waals surface area contributed by atoms with E-state index < -0.39 is 5.97 Å². The fourth-order valence-corrected chi connectivity index (χ4v) is 0.665. The molecule has 5 nitrogen and oxygen atoms in total. The molecule has 1 aromatic heterocycles. The Labute approximate surface area is 62.3 Å². The zero-order valence-electron chi connectivity index (χ0n) is 5.60. The molecule has 0 aliphatic heterocycles. The van der Waals surface area contributed by atoms with Crippen LogP contribution in [0, 0.1) is 0 Å². The molecule has 0 bridgehead atoms. The van der Waals surface area contributed by atoms with Gasteiger partial charge in [0.2, 0.25) is 0 Å². The molecule has 0 unspecified atom stereocenters. The number of hydrogen-bond acceptors (Lipinski definition) is 3. The summed E-state index contributed by atoms with van der Waals surface area (Å²) in [6, 6.07) is 0. The number of aliphatic carboxylic acids is 1. The van der Waals surface area contributed by atoms with Crippen LogP contribution in [0.5, 0.6) is 0 Å². The van der Waals surface area contributed by atoms with Crippen molar-refractivity contribution in [2.24, 2.45) is 0 Å². The Kier molecular flexibility index (Phi) is 2.00. The van der Waals surface area contributed by atoms with Crippen LogP contribution in [0.3, 0.4) is 0 Å². The number of carbonyl (C=O) groups is 2. The second-order valence-electron chi connectivity index (χ2n) is 1.98. The Morgan fingerprint density at radius 3 is 3.00 bits per heavy atom. The van der Waals surface area contributed by atoms with Gasteiger partial charge in [0, 0.05) is 6.20 Å². The number of aromatic nitrogens is 2. The average Bonchev–Trinajstić information content (AvgIpc) is 2.34. The average molecular weight is 154 g/mol. The van der Waals surface area contributed by atoms with E-state index in [9.17, 15) is 9.59 Å². The molecular formula is C6H6N2O3. The molecule has 0 fully saturated rings. The number of hydrogen-bond donors (Lipinski definition) is 1. The summed E-state index contributed by atoms with van der Waals surface area (Å²) < 4.78 is 1.19. The zero-order valence-corrected chi connectivity index (χ0v) is 5.60. The molecule has 1 rings (SSSR count). The SMILES string of the molecule is O=Cc1cnn(CC(=O)O)c1. The number of carbonyl (C=O) groups excluding carboxylic acids is 1. The van der Waals surface area contributed by atoms with Gasteiger partial charge in [0.1, 0.15) is 6.54 Å². The molecule has 0 spiro atoms. The predicted octanol–water partition coefficient (Wildman–Crippen LogP) is -0.220. The maximum Gasteiger partial charge on any atom is 0.325 e. The molecule has 0 aromatic carbocycles. The van der Waals surface area contributed by atoms with E-state index in [1.54, 1.807) is 0 Å². The molecule has 0 saturated carbocycles. The van der Waals surface area contributed by atoms with Crippen LogP contribution in [-0.4, -0.2) is 27.1 Å². The molecule has 5 heteroatoms. The first kappa shape index (κ1) is 7.46. The Balaban J connectivity index is 2.72. The van der Waals surface area contributed by atoms with Crippen LogP contribution in [0.1, 0.15) is 10.4 Å². The highest BCUT2D eigenvalue weighted by Crippen LogP contribution is 1.92. The maximum atomic E-state index is 10.1. The minimum atomic E-state index is -0.981. The van der Waals surface area contributed by atoms with E-state index in [-0.39, 0.29) is 6.54 Å². The fourth-order valence-electron chi connectivity index (χ4n) is 0.665. The standard InChI is InChI=1S/C6H6N2O3/c9-4-5-1-7-8(2-5)3-6(10)11/h1-2,4H,3H2,(H,10,11). The number of carboxylic acids is 1. The lowest BCUT2D eigenvalue weighted by Crippen LogP contribution is -2.08. The minimum absolute atomic E-state index is 0.214. The van der Waals surface area contributed by atoms with Gasteiger partial charge < -0.3 is 5.11 Å². The van der Waals surface area contributed by atoms with E-state index >= 15 is 0 Å². The number of rotatable bonds is 3.